The number of nitrogens with two attached hydrogens (primary N) is 1. The predicted octanol–water partition coefficient (Wildman–Crippen LogP) is 1.68. The number of carboxylic acids is 1. The van der Waals surface area contributed by atoms with E-state index in [0.717, 1.165) is 5.56 Å². The molecule has 0 aliphatic rings. The number of pyridine rings is 1. The lowest BCUT2D eigenvalue weighted by molar-refractivity contribution is -0.192. The van der Waals surface area contributed by atoms with Crippen LogP contribution < -0.4 is 11.1 Å². The third-order valence-electron chi connectivity index (χ3n) is 3.62. The van der Waals surface area contributed by atoms with Crippen LogP contribution in [0.4, 0.5) is 13.2 Å². The highest BCUT2D eigenvalue weighted by Gasteiger charge is 2.38. The van der Waals surface area contributed by atoms with Crippen LogP contribution in [-0.4, -0.2) is 52.8 Å². The van der Waals surface area contributed by atoms with Crippen LogP contribution in [0.25, 0.3) is 0 Å². The number of amides is 1. The van der Waals surface area contributed by atoms with Gasteiger partial charge in [-0.2, -0.15) is 13.2 Å². The average molecular weight is 421 g/mol. The summed E-state index contributed by atoms with van der Waals surface area (Å²) in [6.45, 7) is 5.54. The average Bonchev–Trinajstić information content (AvgIpc) is 2.60. The maximum absolute atomic E-state index is 12.2. The Morgan fingerprint density at radius 2 is 1.86 bits per heavy atom. The van der Waals surface area contributed by atoms with Crippen LogP contribution in [0, 0.1) is 5.92 Å². The van der Waals surface area contributed by atoms with Gasteiger partial charge in [0.25, 0.3) is 0 Å². The maximum Gasteiger partial charge on any atom is 0.490 e. The SMILES string of the molecule is COC(=O)[C@@H](C)C[C@H](N)C(=O)NC(C)(C)Cc1cccnc1.O=C(O)C(F)(F)F. The molecule has 1 rings (SSSR count). The van der Waals surface area contributed by atoms with Crippen LogP contribution in [0.15, 0.2) is 24.5 Å². The summed E-state index contributed by atoms with van der Waals surface area (Å²) in [6, 6.07) is 3.07. The summed E-state index contributed by atoms with van der Waals surface area (Å²) in [5, 5.41) is 10.0. The summed E-state index contributed by atoms with van der Waals surface area (Å²) in [4.78, 5) is 36.5. The normalized spacial score (nSPS) is 13.4. The molecule has 11 heteroatoms. The standard InChI is InChI=1S/C16H25N3O3.C2HF3O2/c1-11(15(21)22-4)8-13(17)14(20)19-16(2,3)9-12-6-5-7-18-10-12;3-2(4,5)1(6)7/h5-7,10-11,13H,8-9,17H2,1-4H3,(H,19,20);(H,6,7)/t11-,13-;/m0./s1. The quantitative estimate of drug-likeness (QED) is 0.571. The Bertz CT molecular complexity index is 681. The lowest BCUT2D eigenvalue weighted by atomic mass is 9.94. The molecule has 0 unspecified atom stereocenters. The molecule has 0 spiro atoms. The monoisotopic (exact) mass is 421 g/mol. The molecule has 1 aromatic rings. The van der Waals surface area contributed by atoms with E-state index in [9.17, 15) is 22.8 Å². The first-order valence-corrected chi connectivity index (χ1v) is 8.54. The zero-order valence-corrected chi connectivity index (χ0v) is 16.6. The van der Waals surface area contributed by atoms with Crippen molar-refractivity contribution < 1.29 is 37.4 Å². The summed E-state index contributed by atoms with van der Waals surface area (Å²) in [5.41, 5.74) is 6.46. The zero-order valence-electron chi connectivity index (χ0n) is 16.6. The number of rotatable bonds is 7. The van der Waals surface area contributed by atoms with Gasteiger partial charge in [0, 0.05) is 17.9 Å². The Morgan fingerprint density at radius 1 is 1.31 bits per heavy atom. The second-order valence-corrected chi connectivity index (χ2v) is 6.98. The summed E-state index contributed by atoms with van der Waals surface area (Å²) >= 11 is 0. The molecule has 0 fully saturated rings. The minimum Gasteiger partial charge on any atom is -0.475 e. The number of halogens is 3. The van der Waals surface area contributed by atoms with Gasteiger partial charge in [0.15, 0.2) is 0 Å². The van der Waals surface area contributed by atoms with Gasteiger partial charge in [-0.25, -0.2) is 4.79 Å². The van der Waals surface area contributed by atoms with Crippen molar-refractivity contribution in [2.45, 2.75) is 51.4 Å². The Hall–Kier alpha value is -2.69. The number of alkyl halides is 3. The second-order valence-electron chi connectivity index (χ2n) is 6.98. The van der Waals surface area contributed by atoms with Gasteiger partial charge in [0.1, 0.15) is 0 Å². The first-order chi connectivity index (χ1) is 13.2. The van der Waals surface area contributed by atoms with Crippen LogP contribution in [0.2, 0.25) is 0 Å². The smallest absolute Gasteiger partial charge is 0.475 e. The van der Waals surface area contributed by atoms with Crippen LogP contribution in [-0.2, 0) is 25.5 Å². The molecule has 0 aliphatic carbocycles. The van der Waals surface area contributed by atoms with Crippen molar-refractivity contribution in [2.75, 3.05) is 7.11 Å². The fourth-order valence-corrected chi connectivity index (χ4v) is 2.27. The topological polar surface area (TPSA) is 132 Å². The van der Waals surface area contributed by atoms with E-state index in [0.29, 0.717) is 6.42 Å². The van der Waals surface area contributed by atoms with Gasteiger partial charge in [-0.05, 0) is 38.3 Å². The Balaban J connectivity index is 0.000000956. The number of nitrogens with zero attached hydrogens (tertiary/aromatic N) is 1. The molecule has 2 atom stereocenters. The van der Waals surface area contributed by atoms with Gasteiger partial charge >= 0.3 is 18.1 Å². The second kappa shape index (κ2) is 11.3. The molecule has 0 saturated heterocycles. The van der Waals surface area contributed by atoms with Crippen LogP contribution in [0.5, 0.6) is 0 Å². The molecule has 0 aliphatic heterocycles. The van der Waals surface area contributed by atoms with Crippen molar-refractivity contribution in [3.8, 4) is 0 Å². The maximum atomic E-state index is 12.2. The minimum absolute atomic E-state index is 0.251. The number of carbonyl (C=O) groups is 3. The minimum atomic E-state index is -5.08. The fraction of sp³-hybridized carbons (Fsp3) is 0.556. The lowest BCUT2D eigenvalue weighted by Gasteiger charge is -2.28. The Kier molecular flexibility index (Phi) is 10.3. The van der Waals surface area contributed by atoms with E-state index in [1.165, 1.54) is 7.11 Å². The number of methoxy groups -OCH3 is 1. The van der Waals surface area contributed by atoms with Gasteiger partial charge in [0.2, 0.25) is 5.91 Å². The van der Waals surface area contributed by atoms with E-state index >= 15 is 0 Å². The van der Waals surface area contributed by atoms with Crippen LogP contribution >= 0.6 is 0 Å². The van der Waals surface area contributed by atoms with Crippen molar-refractivity contribution in [3.05, 3.63) is 30.1 Å². The molecule has 29 heavy (non-hydrogen) atoms. The highest BCUT2D eigenvalue weighted by molar-refractivity contribution is 5.83. The molecule has 1 heterocycles. The number of esters is 1. The van der Waals surface area contributed by atoms with Crippen molar-refractivity contribution in [1.29, 1.82) is 0 Å². The molecule has 0 saturated carbocycles. The number of ether oxygens (including phenoxy) is 1. The number of aromatic nitrogens is 1. The summed E-state index contributed by atoms with van der Waals surface area (Å²) in [5.74, 6) is -3.80. The molecular weight excluding hydrogens is 395 g/mol. The molecule has 4 N–H and O–H groups in total. The van der Waals surface area contributed by atoms with E-state index in [1.807, 2.05) is 26.0 Å². The van der Waals surface area contributed by atoms with Crippen molar-refractivity contribution in [2.24, 2.45) is 11.7 Å². The number of hydrogen-bond acceptors (Lipinski definition) is 6. The molecule has 0 radical (unpaired) electrons. The Labute approximate surface area is 166 Å². The van der Waals surface area contributed by atoms with E-state index in [4.69, 9.17) is 15.6 Å². The molecule has 1 amide bonds. The van der Waals surface area contributed by atoms with Crippen molar-refractivity contribution in [3.63, 3.8) is 0 Å². The molecule has 0 aromatic carbocycles. The van der Waals surface area contributed by atoms with Crippen molar-refractivity contribution in [1.82, 2.24) is 10.3 Å². The third-order valence-corrected chi connectivity index (χ3v) is 3.62. The van der Waals surface area contributed by atoms with Gasteiger partial charge in [-0.1, -0.05) is 13.0 Å². The first kappa shape index (κ1) is 26.3. The van der Waals surface area contributed by atoms with Crippen LogP contribution in [0.3, 0.4) is 0 Å². The molecule has 1 aromatic heterocycles. The summed E-state index contributed by atoms with van der Waals surface area (Å²) in [6.07, 6.45) is -0.709. The third kappa shape index (κ3) is 11.0. The van der Waals surface area contributed by atoms with E-state index in [2.05, 4.69) is 15.0 Å². The van der Waals surface area contributed by atoms with E-state index in [1.54, 1.807) is 19.3 Å². The fourth-order valence-electron chi connectivity index (χ4n) is 2.27. The molecular formula is C18H26F3N3O5. The largest absolute Gasteiger partial charge is 0.490 e. The number of hydrogen-bond donors (Lipinski definition) is 3. The molecule has 0 bridgehead atoms. The predicted molar refractivity (Wildman–Crippen MR) is 97.6 cm³/mol. The van der Waals surface area contributed by atoms with Gasteiger partial charge in [-0.3, -0.25) is 14.6 Å². The molecule has 164 valence electrons. The number of carboxylic acid groups (broad SMARTS) is 1. The van der Waals surface area contributed by atoms with Gasteiger partial charge in [0.05, 0.1) is 19.1 Å². The lowest BCUT2D eigenvalue weighted by Crippen LogP contribution is -2.52. The summed E-state index contributed by atoms with van der Waals surface area (Å²) < 4.78 is 36.4. The number of carbonyl (C=O) groups excluding carboxylic acids is 2. The number of nitrogens with one attached hydrogen (secondary N) is 1. The number of aliphatic carboxylic acids is 1. The van der Waals surface area contributed by atoms with Gasteiger partial charge < -0.3 is 20.9 Å². The highest BCUT2D eigenvalue weighted by atomic mass is 19.4. The van der Waals surface area contributed by atoms with Crippen molar-refractivity contribution >= 4 is 17.8 Å². The van der Waals surface area contributed by atoms with E-state index < -0.39 is 29.6 Å². The zero-order chi connectivity index (χ0) is 22.8. The van der Waals surface area contributed by atoms with E-state index in [-0.39, 0.29) is 18.3 Å². The Morgan fingerprint density at radius 3 is 2.28 bits per heavy atom. The highest BCUT2D eigenvalue weighted by Crippen LogP contribution is 2.14. The summed E-state index contributed by atoms with van der Waals surface area (Å²) in [7, 11) is 1.32. The van der Waals surface area contributed by atoms with Gasteiger partial charge in [-0.15, -0.1) is 0 Å². The van der Waals surface area contributed by atoms with Crippen LogP contribution in [0.1, 0.15) is 32.8 Å². The first-order valence-electron chi connectivity index (χ1n) is 8.54. The molecule has 8 nitrogen and oxygen atoms in total.